The molecule has 5 rings (SSSR count). The zero-order valence-electron chi connectivity index (χ0n) is 18.4. The van der Waals surface area contributed by atoms with Crippen molar-refractivity contribution in [2.75, 3.05) is 14.2 Å². The normalized spacial score (nSPS) is 12.0. The number of ether oxygens (including phenoxy) is 2. The molecular weight excluding hydrogens is 473 g/mol. The van der Waals surface area contributed by atoms with Crippen LogP contribution in [-0.4, -0.2) is 18.8 Å². The number of hydrogen-bond acceptors (Lipinski definition) is 5. The second-order valence-corrected chi connectivity index (χ2v) is 8.68. The van der Waals surface area contributed by atoms with Crippen LogP contribution in [0.3, 0.4) is 0 Å². The molecule has 0 atom stereocenters. The van der Waals surface area contributed by atoms with Gasteiger partial charge in [0.25, 0.3) is 0 Å². The van der Waals surface area contributed by atoms with Gasteiger partial charge in [0.1, 0.15) is 28.6 Å². The lowest BCUT2D eigenvalue weighted by Crippen LogP contribution is -2.28. The van der Waals surface area contributed by atoms with E-state index in [1.165, 1.54) is 0 Å². The number of nitrogens with zero attached hydrogens (tertiary/aromatic N) is 2. The van der Waals surface area contributed by atoms with Crippen molar-refractivity contribution in [2.24, 2.45) is 0 Å². The Kier molecular flexibility index (Phi) is 5.60. The molecule has 0 spiro atoms. The van der Waals surface area contributed by atoms with Gasteiger partial charge < -0.3 is 18.5 Å². The first-order valence-corrected chi connectivity index (χ1v) is 11.2. The molecule has 3 heterocycles. The zero-order chi connectivity index (χ0) is 24.0. The van der Waals surface area contributed by atoms with E-state index >= 15 is 0 Å². The lowest BCUT2D eigenvalue weighted by molar-refractivity contribution is 0.354. The van der Waals surface area contributed by atoms with Gasteiger partial charge in [-0.05, 0) is 60.5 Å². The molecule has 170 valence electrons. The van der Waals surface area contributed by atoms with Crippen molar-refractivity contribution in [1.29, 1.82) is 10.7 Å². The molecule has 6 nitrogen and oxygen atoms in total. The van der Waals surface area contributed by atoms with E-state index in [0.717, 1.165) is 16.8 Å². The third kappa shape index (κ3) is 3.54. The van der Waals surface area contributed by atoms with Crippen molar-refractivity contribution in [3.8, 4) is 51.5 Å². The van der Waals surface area contributed by atoms with Crippen LogP contribution in [0.1, 0.15) is 11.1 Å². The van der Waals surface area contributed by atoms with Crippen LogP contribution in [0.2, 0.25) is 10.0 Å². The standard InChI is InChI=1S/C26H19Cl2N3O3/c1-32-24-9-14-7-8-31-21(16(14)12-25(24)33-2)11-17(19(13-29)26(31)30)22-5-6-23(34-22)18-10-15(27)3-4-20(18)28/h3-6,9-12,30H,7-8H2,1-2H3. The maximum absolute atomic E-state index is 9.91. The minimum absolute atomic E-state index is 0.133. The Morgan fingerprint density at radius 2 is 1.65 bits per heavy atom. The summed E-state index contributed by atoms with van der Waals surface area (Å²) in [7, 11) is 3.20. The number of rotatable bonds is 4. The molecule has 0 saturated carbocycles. The molecule has 0 aliphatic carbocycles. The Morgan fingerprint density at radius 1 is 0.941 bits per heavy atom. The monoisotopic (exact) mass is 491 g/mol. The van der Waals surface area contributed by atoms with Crippen LogP contribution in [0.5, 0.6) is 11.5 Å². The highest BCUT2D eigenvalue weighted by Crippen LogP contribution is 2.40. The highest BCUT2D eigenvalue weighted by Gasteiger charge is 2.24. The topological polar surface area (TPSA) is 84.2 Å². The largest absolute Gasteiger partial charge is 0.493 e. The lowest BCUT2D eigenvalue weighted by atomic mass is 9.94. The number of aromatic nitrogens is 1. The van der Waals surface area contributed by atoms with Crippen molar-refractivity contribution < 1.29 is 13.9 Å². The van der Waals surface area contributed by atoms with Crippen LogP contribution in [-0.2, 0) is 13.0 Å². The number of pyridine rings is 1. The molecule has 0 bridgehead atoms. The first kappa shape index (κ1) is 22.1. The Labute approximate surface area is 206 Å². The zero-order valence-corrected chi connectivity index (χ0v) is 19.9. The van der Waals surface area contributed by atoms with Gasteiger partial charge in [-0.15, -0.1) is 0 Å². The first-order valence-electron chi connectivity index (χ1n) is 10.5. The molecule has 0 fully saturated rings. The van der Waals surface area contributed by atoms with Gasteiger partial charge in [-0.2, -0.15) is 5.26 Å². The molecule has 0 unspecified atom stereocenters. The number of nitriles is 1. The number of halogens is 2. The number of furan rings is 1. The van der Waals surface area contributed by atoms with Crippen LogP contribution in [0, 0.1) is 16.7 Å². The molecule has 4 aromatic rings. The number of hydrogen-bond donors (Lipinski definition) is 1. The number of methoxy groups -OCH3 is 2. The van der Waals surface area contributed by atoms with Crippen LogP contribution in [0.25, 0.3) is 33.9 Å². The molecule has 1 aliphatic rings. The highest BCUT2D eigenvalue weighted by molar-refractivity contribution is 6.35. The predicted octanol–water partition coefficient (Wildman–Crippen LogP) is 6.31. The average Bonchev–Trinajstić information content (AvgIpc) is 3.34. The van der Waals surface area contributed by atoms with Crippen molar-refractivity contribution in [1.82, 2.24) is 4.57 Å². The van der Waals surface area contributed by atoms with E-state index in [1.807, 2.05) is 22.8 Å². The van der Waals surface area contributed by atoms with Gasteiger partial charge >= 0.3 is 0 Å². The van der Waals surface area contributed by atoms with Crippen LogP contribution >= 0.6 is 23.2 Å². The fraction of sp³-hybridized carbons (Fsp3) is 0.154. The quantitative estimate of drug-likeness (QED) is 0.362. The molecule has 2 aromatic heterocycles. The van der Waals surface area contributed by atoms with E-state index in [9.17, 15) is 5.26 Å². The summed E-state index contributed by atoms with van der Waals surface area (Å²) in [6.45, 7) is 0.577. The molecular formula is C26H19Cl2N3O3. The summed E-state index contributed by atoms with van der Waals surface area (Å²) >= 11 is 12.5. The fourth-order valence-electron chi connectivity index (χ4n) is 4.35. The van der Waals surface area contributed by atoms with E-state index in [0.29, 0.717) is 57.2 Å². The van der Waals surface area contributed by atoms with E-state index in [-0.39, 0.29) is 11.1 Å². The van der Waals surface area contributed by atoms with Gasteiger partial charge in [0.2, 0.25) is 0 Å². The molecule has 1 aliphatic heterocycles. The van der Waals surface area contributed by atoms with Gasteiger partial charge in [0.05, 0.1) is 24.9 Å². The van der Waals surface area contributed by atoms with Crippen molar-refractivity contribution in [3.05, 3.63) is 75.2 Å². The fourth-order valence-corrected chi connectivity index (χ4v) is 4.73. The molecule has 8 heteroatoms. The highest BCUT2D eigenvalue weighted by atomic mass is 35.5. The van der Waals surface area contributed by atoms with Crippen molar-refractivity contribution in [2.45, 2.75) is 13.0 Å². The predicted molar refractivity (Wildman–Crippen MR) is 130 cm³/mol. The minimum Gasteiger partial charge on any atom is -0.493 e. The number of fused-ring (bicyclic) bond motifs is 3. The Balaban J connectivity index is 1.70. The third-order valence-corrected chi connectivity index (χ3v) is 6.58. The SMILES string of the molecule is COc1cc2c(cc1OC)-c1cc(-c3ccc(-c4cc(Cl)ccc4Cl)o3)c(C#N)c(=N)n1CC2. The van der Waals surface area contributed by atoms with E-state index < -0.39 is 0 Å². The molecule has 0 amide bonds. The summed E-state index contributed by atoms with van der Waals surface area (Å²) < 4.78 is 18.9. The summed E-state index contributed by atoms with van der Waals surface area (Å²) in [6.07, 6.45) is 0.710. The van der Waals surface area contributed by atoms with Crippen molar-refractivity contribution >= 4 is 23.2 Å². The molecule has 0 saturated heterocycles. The Hall–Kier alpha value is -3.66. The van der Waals surface area contributed by atoms with Gasteiger partial charge in [0.15, 0.2) is 11.5 Å². The van der Waals surface area contributed by atoms with Gasteiger partial charge in [-0.3, -0.25) is 5.41 Å². The lowest BCUT2D eigenvalue weighted by Gasteiger charge is -2.25. The molecule has 34 heavy (non-hydrogen) atoms. The smallest absolute Gasteiger partial charge is 0.161 e. The average molecular weight is 492 g/mol. The molecule has 2 aromatic carbocycles. The van der Waals surface area contributed by atoms with Crippen LogP contribution in [0.15, 0.2) is 52.9 Å². The second-order valence-electron chi connectivity index (χ2n) is 7.83. The molecule has 1 N–H and O–H groups in total. The van der Waals surface area contributed by atoms with E-state index in [1.54, 1.807) is 44.6 Å². The van der Waals surface area contributed by atoms with E-state index in [4.69, 9.17) is 42.5 Å². The minimum atomic E-state index is 0.133. The second kappa shape index (κ2) is 8.60. The number of aryl methyl sites for hydroxylation is 1. The summed E-state index contributed by atoms with van der Waals surface area (Å²) in [5, 5.41) is 19.7. The third-order valence-electron chi connectivity index (χ3n) is 6.02. The maximum Gasteiger partial charge on any atom is 0.161 e. The first-order chi connectivity index (χ1) is 16.4. The summed E-state index contributed by atoms with van der Waals surface area (Å²) in [5.74, 6) is 2.24. The van der Waals surface area contributed by atoms with Gasteiger partial charge in [0, 0.05) is 28.3 Å². The molecule has 0 radical (unpaired) electrons. The number of nitrogens with one attached hydrogen (secondary N) is 1. The summed E-state index contributed by atoms with van der Waals surface area (Å²) in [4.78, 5) is 0. The van der Waals surface area contributed by atoms with Gasteiger partial charge in [-0.1, -0.05) is 23.2 Å². The van der Waals surface area contributed by atoms with Gasteiger partial charge in [-0.25, -0.2) is 0 Å². The summed E-state index contributed by atoms with van der Waals surface area (Å²) in [6, 6.07) is 16.7. The van der Waals surface area contributed by atoms with Crippen LogP contribution in [0.4, 0.5) is 0 Å². The summed E-state index contributed by atoms with van der Waals surface area (Å²) in [5.41, 5.74) is 4.37. The van der Waals surface area contributed by atoms with Crippen molar-refractivity contribution in [3.63, 3.8) is 0 Å². The van der Waals surface area contributed by atoms with E-state index in [2.05, 4.69) is 6.07 Å². The number of benzene rings is 2. The Morgan fingerprint density at radius 3 is 2.35 bits per heavy atom. The van der Waals surface area contributed by atoms with Crippen LogP contribution < -0.4 is 15.0 Å². The Bertz CT molecular complexity index is 1550. The maximum atomic E-state index is 9.91.